The average molecular weight is 598 g/mol. The van der Waals surface area contributed by atoms with Crippen LogP contribution in [-0.4, -0.2) is 0 Å². The molecule has 47 heavy (non-hydrogen) atoms. The van der Waals surface area contributed by atoms with E-state index < -0.39 is 0 Å². The third-order valence-corrected chi connectivity index (χ3v) is 9.45. The van der Waals surface area contributed by atoms with Crippen molar-refractivity contribution in [3.8, 4) is 22.3 Å². The Morgan fingerprint density at radius 1 is 0.277 bits per heavy atom. The minimum atomic E-state index is 1.12. The zero-order valence-electron chi connectivity index (χ0n) is 25.8. The zero-order chi connectivity index (χ0) is 31.2. The molecular formula is C46H31N. The van der Waals surface area contributed by atoms with Gasteiger partial charge in [-0.2, -0.15) is 0 Å². The van der Waals surface area contributed by atoms with Crippen molar-refractivity contribution in [2.75, 3.05) is 4.90 Å². The molecule has 0 atom stereocenters. The van der Waals surface area contributed by atoms with Crippen molar-refractivity contribution >= 4 is 60.2 Å². The van der Waals surface area contributed by atoms with Gasteiger partial charge in [-0.3, -0.25) is 0 Å². The molecule has 0 aliphatic heterocycles. The van der Waals surface area contributed by atoms with Crippen LogP contribution in [0.3, 0.4) is 0 Å². The predicted molar refractivity (Wildman–Crippen MR) is 202 cm³/mol. The van der Waals surface area contributed by atoms with Gasteiger partial charge >= 0.3 is 0 Å². The van der Waals surface area contributed by atoms with E-state index in [-0.39, 0.29) is 0 Å². The van der Waals surface area contributed by atoms with Gasteiger partial charge in [0.05, 0.1) is 5.69 Å². The van der Waals surface area contributed by atoms with E-state index in [0.717, 1.165) is 17.1 Å². The highest BCUT2D eigenvalue weighted by Gasteiger charge is 2.19. The van der Waals surface area contributed by atoms with Crippen molar-refractivity contribution in [3.63, 3.8) is 0 Å². The molecule has 1 heteroatoms. The van der Waals surface area contributed by atoms with Gasteiger partial charge in [0, 0.05) is 16.8 Å². The lowest BCUT2D eigenvalue weighted by molar-refractivity contribution is 1.30. The summed E-state index contributed by atoms with van der Waals surface area (Å²) in [6.07, 6.45) is 0. The number of anilines is 3. The van der Waals surface area contributed by atoms with Crippen molar-refractivity contribution in [2.45, 2.75) is 0 Å². The topological polar surface area (TPSA) is 3.24 Å². The first-order valence-corrected chi connectivity index (χ1v) is 16.2. The zero-order valence-corrected chi connectivity index (χ0v) is 25.8. The third-order valence-electron chi connectivity index (χ3n) is 9.45. The molecule has 0 spiro atoms. The Morgan fingerprint density at radius 2 is 0.809 bits per heavy atom. The van der Waals surface area contributed by atoms with E-state index in [1.54, 1.807) is 0 Å². The van der Waals surface area contributed by atoms with Gasteiger partial charge in [-0.15, -0.1) is 0 Å². The van der Waals surface area contributed by atoms with Crippen molar-refractivity contribution in [3.05, 3.63) is 188 Å². The van der Waals surface area contributed by atoms with E-state index in [2.05, 4.69) is 193 Å². The molecule has 9 aromatic carbocycles. The summed E-state index contributed by atoms with van der Waals surface area (Å²) in [4.78, 5) is 2.38. The second-order valence-corrected chi connectivity index (χ2v) is 12.1. The smallest absolute Gasteiger partial charge is 0.0540 e. The number of nitrogens with zero attached hydrogens (tertiary/aromatic N) is 1. The molecular weight excluding hydrogens is 567 g/mol. The molecule has 0 unspecified atom stereocenters. The van der Waals surface area contributed by atoms with Gasteiger partial charge in [0.15, 0.2) is 0 Å². The van der Waals surface area contributed by atoms with E-state index in [9.17, 15) is 0 Å². The molecule has 0 bridgehead atoms. The predicted octanol–water partition coefficient (Wildman–Crippen LogP) is 13.1. The second-order valence-electron chi connectivity index (χ2n) is 12.1. The van der Waals surface area contributed by atoms with Crippen LogP contribution in [-0.2, 0) is 0 Å². The first-order valence-electron chi connectivity index (χ1n) is 16.2. The summed E-state index contributed by atoms with van der Waals surface area (Å²) in [6.45, 7) is 0. The lowest BCUT2D eigenvalue weighted by Gasteiger charge is -2.28. The molecule has 0 radical (unpaired) electrons. The van der Waals surface area contributed by atoms with Gasteiger partial charge in [0.2, 0.25) is 0 Å². The van der Waals surface area contributed by atoms with Crippen LogP contribution >= 0.6 is 0 Å². The summed E-state index contributed by atoms with van der Waals surface area (Å²) in [6, 6.07) is 68.2. The highest BCUT2D eigenvalue weighted by atomic mass is 15.1. The van der Waals surface area contributed by atoms with E-state index in [1.165, 1.54) is 65.3 Å². The number of para-hydroxylation sites is 1. The van der Waals surface area contributed by atoms with E-state index in [0.29, 0.717) is 0 Å². The van der Waals surface area contributed by atoms with Crippen LogP contribution in [0.2, 0.25) is 0 Å². The monoisotopic (exact) mass is 597 g/mol. The number of fused-ring (bicyclic) bond motifs is 6. The normalized spacial score (nSPS) is 11.4. The van der Waals surface area contributed by atoms with Crippen LogP contribution in [0.1, 0.15) is 0 Å². The Kier molecular flexibility index (Phi) is 6.54. The minimum Gasteiger partial charge on any atom is -0.310 e. The van der Waals surface area contributed by atoms with Crippen molar-refractivity contribution in [2.24, 2.45) is 0 Å². The highest BCUT2D eigenvalue weighted by Crippen LogP contribution is 2.45. The van der Waals surface area contributed by atoms with E-state index >= 15 is 0 Å². The summed E-state index contributed by atoms with van der Waals surface area (Å²) in [5.41, 5.74) is 8.32. The maximum Gasteiger partial charge on any atom is 0.0540 e. The first kappa shape index (κ1) is 27.2. The molecule has 9 aromatic rings. The standard InChI is InChI=1S/C46H31N/c1-3-13-32(14-4-1)33-23-26-36(27-24-33)47(35-16-5-2-6-17-35)46-30-29-42(39-20-11-12-22-43(39)46)45-31-44-37-18-8-7-15-34(37)25-28-41(44)38-19-9-10-21-40(38)45/h1-31H. The highest BCUT2D eigenvalue weighted by molar-refractivity contribution is 6.22. The lowest BCUT2D eigenvalue weighted by atomic mass is 9.88. The van der Waals surface area contributed by atoms with Gasteiger partial charge in [-0.05, 0) is 96.4 Å². The van der Waals surface area contributed by atoms with Crippen LogP contribution in [0.25, 0.3) is 65.3 Å². The Bertz CT molecular complexity index is 2550. The van der Waals surface area contributed by atoms with E-state index in [4.69, 9.17) is 0 Å². The molecule has 0 N–H and O–H groups in total. The maximum atomic E-state index is 2.42. The molecule has 9 rings (SSSR count). The van der Waals surface area contributed by atoms with Crippen LogP contribution in [0.15, 0.2) is 188 Å². The second kappa shape index (κ2) is 11.3. The van der Waals surface area contributed by atoms with Crippen LogP contribution in [0.4, 0.5) is 17.1 Å². The van der Waals surface area contributed by atoms with Gasteiger partial charge < -0.3 is 4.90 Å². The van der Waals surface area contributed by atoms with Crippen molar-refractivity contribution in [1.29, 1.82) is 0 Å². The van der Waals surface area contributed by atoms with Gasteiger partial charge in [0.1, 0.15) is 0 Å². The molecule has 1 nitrogen and oxygen atoms in total. The molecule has 220 valence electrons. The number of rotatable bonds is 5. The molecule has 0 heterocycles. The molecule has 0 amide bonds. The fourth-order valence-corrected chi connectivity index (χ4v) is 7.23. The summed E-state index contributed by atoms with van der Waals surface area (Å²) in [5.74, 6) is 0. The summed E-state index contributed by atoms with van der Waals surface area (Å²) in [7, 11) is 0. The Hall–Kier alpha value is -6.18. The van der Waals surface area contributed by atoms with Gasteiger partial charge in [-0.25, -0.2) is 0 Å². The third kappa shape index (κ3) is 4.64. The van der Waals surface area contributed by atoms with Crippen LogP contribution in [0.5, 0.6) is 0 Å². The average Bonchev–Trinajstić information content (AvgIpc) is 3.16. The maximum absolute atomic E-state index is 2.42. The van der Waals surface area contributed by atoms with Crippen molar-refractivity contribution < 1.29 is 0 Å². The van der Waals surface area contributed by atoms with E-state index in [1.807, 2.05) is 0 Å². The number of hydrogen-bond donors (Lipinski definition) is 0. The lowest BCUT2D eigenvalue weighted by Crippen LogP contribution is -2.10. The van der Waals surface area contributed by atoms with Gasteiger partial charge in [0.25, 0.3) is 0 Å². The van der Waals surface area contributed by atoms with Crippen LogP contribution in [0, 0.1) is 0 Å². The molecule has 0 saturated heterocycles. The van der Waals surface area contributed by atoms with Gasteiger partial charge in [-0.1, -0.05) is 152 Å². The number of hydrogen-bond acceptors (Lipinski definition) is 1. The molecule has 0 fully saturated rings. The quantitative estimate of drug-likeness (QED) is 0.178. The molecule has 0 aromatic heterocycles. The minimum absolute atomic E-state index is 1.12. The largest absolute Gasteiger partial charge is 0.310 e. The Balaban J connectivity index is 1.27. The molecule has 0 aliphatic carbocycles. The number of benzene rings is 9. The summed E-state index contributed by atoms with van der Waals surface area (Å²) in [5, 5.41) is 10.1. The van der Waals surface area contributed by atoms with Crippen LogP contribution < -0.4 is 4.90 Å². The summed E-state index contributed by atoms with van der Waals surface area (Å²) < 4.78 is 0. The fraction of sp³-hybridized carbons (Fsp3) is 0. The van der Waals surface area contributed by atoms with Crippen molar-refractivity contribution in [1.82, 2.24) is 0 Å². The Labute approximate surface area is 274 Å². The first-order chi connectivity index (χ1) is 23.3. The Morgan fingerprint density at radius 3 is 1.55 bits per heavy atom. The SMILES string of the molecule is c1ccc(-c2ccc(N(c3ccccc3)c3ccc(-c4cc5c6ccccc6ccc5c5ccccc45)c4ccccc34)cc2)cc1. The summed E-state index contributed by atoms with van der Waals surface area (Å²) >= 11 is 0. The fourth-order valence-electron chi connectivity index (χ4n) is 7.23. The molecule has 0 aliphatic rings. The molecule has 0 saturated carbocycles.